The molecule has 0 saturated carbocycles. The Labute approximate surface area is 170 Å². The van der Waals surface area contributed by atoms with Gasteiger partial charge in [0, 0.05) is 10.5 Å². The number of rotatable bonds is 2. The standard InChI is InChI=1S/C21H26BrNO3S/c1-15-6-5-12-21(4)19(14-20(2,3)13-11-18(15)24)23(21)27(25,26)17-9-7-16(22)8-10-17/h6-11,13,19H,5,12,14H2,1-4H3/b13-11+,15-6+/t19-,21+,23?/m1/s1. The van der Waals surface area contributed by atoms with E-state index in [2.05, 4.69) is 29.8 Å². The molecule has 1 fully saturated rings. The van der Waals surface area contributed by atoms with Gasteiger partial charge in [-0.3, -0.25) is 4.79 Å². The number of ketones is 1. The Morgan fingerprint density at radius 1 is 1.15 bits per heavy atom. The average molecular weight is 452 g/mol. The van der Waals surface area contributed by atoms with Crippen molar-refractivity contribution in [2.24, 2.45) is 5.41 Å². The molecular weight excluding hydrogens is 426 g/mol. The summed E-state index contributed by atoms with van der Waals surface area (Å²) in [6.07, 6.45) is 7.54. The lowest BCUT2D eigenvalue weighted by atomic mass is 9.84. The molecule has 0 spiro atoms. The fourth-order valence-electron chi connectivity index (χ4n) is 3.89. The highest BCUT2D eigenvalue weighted by atomic mass is 79.9. The van der Waals surface area contributed by atoms with Gasteiger partial charge in [0.15, 0.2) is 5.78 Å². The Morgan fingerprint density at radius 2 is 1.78 bits per heavy atom. The molecule has 0 N–H and O–H groups in total. The van der Waals surface area contributed by atoms with Gasteiger partial charge >= 0.3 is 0 Å². The minimum absolute atomic E-state index is 0.0307. The number of hydrogen-bond acceptors (Lipinski definition) is 3. The van der Waals surface area contributed by atoms with Crippen molar-refractivity contribution in [1.29, 1.82) is 0 Å². The van der Waals surface area contributed by atoms with E-state index in [9.17, 15) is 13.2 Å². The van der Waals surface area contributed by atoms with Gasteiger partial charge in [0.05, 0.1) is 10.4 Å². The SMILES string of the molecule is C/C1=C\CC[C@@]2(C)[C@@H](CC(C)(C)/C=C/C1=O)N2S(=O)(=O)c1ccc(Br)cc1. The lowest BCUT2D eigenvalue weighted by Gasteiger charge is -2.20. The van der Waals surface area contributed by atoms with Crippen molar-refractivity contribution < 1.29 is 13.2 Å². The minimum Gasteiger partial charge on any atom is -0.290 e. The molecule has 3 atom stereocenters. The first-order valence-electron chi connectivity index (χ1n) is 9.18. The van der Waals surface area contributed by atoms with Crippen LogP contribution in [-0.2, 0) is 14.8 Å². The Kier molecular flexibility index (Phi) is 5.30. The number of nitrogens with zero attached hydrogens (tertiary/aromatic N) is 1. The largest absolute Gasteiger partial charge is 0.290 e. The van der Waals surface area contributed by atoms with E-state index in [0.29, 0.717) is 29.7 Å². The predicted molar refractivity (Wildman–Crippen MR) is 111 cm³/mol. The van der Waals surface area contributed by atoms with Crippen molar-refractivity contribution in [2.45, 2.75) is 63.4 Å². The molecule has 1 aliphatic heterocycles. The summed E-state index contributed by atoms with van der Waals surface area (Å²) in [4.78, 5) is 12.5. The summed E-state index contributed by atoms with van der Waals surface area (Å²) < 4.78 is 29.1. The summed E-state index contributed by atoms with van der Waals surface area (Å²) in [6.45, 7) is 7.95. The molecule has 1 aliphatic carbocycles. The van der Waals surface area contributed by atoms with Gasteiger partial charge in [0.2, 0.25) is 10.0 Å². The van der Waals surface area contributed by atoms with E-state index in [0.717, 1.165) is 4.47 Å². The van der Waals surface area contributed by atoms with Crippen molar-refractivity contribution in [3.8, 4) is 0 Å². The monoisotopic (exact) mass is 451 g/mol. The second-order valence-corrected chi connectivity index (χ2v) is 11.2. The van der Waals surface area contributed by atoms with E-state index in [1.165, 1.54) is 0 Å². The van der Waals surface area contributed by atoms with Crippen molar-refractivity contribution in [1.82, 2.24) is 4.31 Å². The molecule has 0 aromatic heterocycles. The summed E-state index contributed by atoms with van der Waals surface area (Å²) in [5.41, 5.74) is 0.0178. The zero-order chi connectivity index (χ0) is 20.0. The topological polar surface area (TPSA) is 54.2 Å². The van der Waals surface area contributed by atoms with E-state index >= 15 is 0 Å². The Morgan fingerprint density at radius 3 is 2.41 bits per heavy atom. The van der Waals surface area contributed by atoms with Crippen molar-refractivity contribution >= 4 is 31.7 Å². The van der Waals surface area contributed by atoms with Crippen LogP contribution in [0.25, 0.3) is 0 Å². The molecule has 0 radical (unpaired) electrons. The first-order valence-corrected chi connectivity index (χ1v) is 11.4. The number of halogens is 1. The second kappa shape index (κ2) is 6.98. The zero-order valence-corrected chi connectivity index (χ0v) is 18.6. The normalized spacial score (nSPS) is 34.0. The number of hydrogen-bond donors (Lipinski definition) is 0. The van der Waals surface area contributed by atoms with E-state index in [-0.39, 0.29) is 17.2 Å². The Bertz CT molecular complexity index is 915. The van der Waals surface area contributed by atoms with Crippen LogP contribution in [0.1, 0.15) is 47.0 Å². The van der Waals surface area contributed by atoms with Crippen LogP contribution in [0.4, 0.5) is 0 Å². The quantitative estimate of drug-likeness (QED) is 0.602. The summed E-state index contributed by atoms with van der Waals surface area (Å²) in [5, 5.41) is 0. The molecule has 0 bridgehead atoms. The molecule has 1 aromatic carbocycles. The summed E-state index contributed by atoms with van der Waals surface area (Å²) >= 11 is 3.36. The van der Waals surface area contributed by atoms with Gasteiger partial charge < -0.3 is 0 Å². The molecule has 146 valence electrons. The molecule has 2 aliphatic rings. The predicted octanol–water partition coefficient (Wildman–Crippen LogP) is 4.86. The summed E-state index contributed by atoms with van der Waals surface area (Å²) in [5.74, 6) is 0.0307. The molecule has 1 saturated heterocycles. The number of benzene rings is 1. The molecule has 6 heteroatoms. The lowest BCUT2D eigenvalue weighted by Crippen LogP contribution is -2.21. The van der Waals surface area contributed by atoms with Gasteiger partial charge in [0.1, 0.15) is 0 Å². The fourth-order valence-corrected chi connectivity index (χ4v) is 6.21. The Balaban J connectivity index is 1.97. The van der Waals surface area contributed by atoms with Gasteiger partial charge in [0.25, 0.3) is 0 Å². The number of carbonyl (C=O) groups is 1. The van der Waals surface area contributed by atoms with E-state index in [1.54, 1.807) is 34.6 Å². The van der Waals surface area contributed by atoms with E-state index < -0.39 is 15.6 Å². The van der Waals surface area contributed by atoms with Gasteiger partial charge in [-0.2, -0.15) is 4.31 Å². The van der Waals surface area contributed by atoms with Crippen LogP contribution in [0.3, 0.4) is 0 Å². The van der Waals surface area contributed by atoms with Crippen LogP contribution in [0.15, 0.2) is 57.4 Å². The third-order valence-electron chi connectivity index (χ3n) is 5.70. The molecule has 1 unspecified atom stereocenters. The average Bonchev–Trinajstić information content (AvgIpc) is 3.16. The van der Waals surface area contributed by atoms with Crippen LogP contribution >= 0.6 is 15.9 Å². The third kappa shape index (κ3) is 3.98. The molecule has 1 heterocycles. The molecule has 3 rings (SSSR count). The second-order valence-electron chi connectivity index (χ2n) is 8.44. The van der Waals surface area contributed by atoms with Gasteiger partial charge in [-0.25, -0.2) is 8.42 Å². The molecule has 4 nitrogen and oxygen atoms in total. The summed E-state index contributed by atoms with van der Waals surface area (Å²) in [7, 11) is -3.56. The zero-order valence-electron chi connectivity index (χ0n) is 16.2. The smallest absolute Gasteiger partial charge is 0.243 e. The fraction of sp³-hybridized carbons (Fsp3) is 0.476. The maximum absolute atomic E-state index is 13.3. The Hall–Kier alpha value is -1.24. The molecular formula is C21H26BrNO3S. The van der Waals surface area contributed by atoms with Crippen LogP contribution in [0, 0.1) is 5.41 Å². The highest BCUT2D eigenvalue weighted by Crippen LogP contribution is 2.53. The van der Waals surface area contributed by atoms with Crippen molar-refractivity contribution in [2.75, 3.05) is 0 Å². The van der Waals surface area contributed by atoms with Crippen LogP contribution < -0.4 is 0 Å². The van der Waals surface area contributed by atoms with Crippen molar-refractivity contribution in [3.05, 3.63) is 52.5 Å². The molecule has 27 heavy (non-hydrogen) atoms. The highest BCUT2D eigenvalue weighted by molar-refractivity contribution is 9.10. The number of fused-ring (bicyclic) bond motifs is 1. The number of allylic oxidation sites excluding steroid dienone is 4. The van der Waals surface area contributed by atoms with E-state index in [4.69, 9.17) is 0 Å². The lowest BCUT2D eigenvalue weighted by molar-refractivity contribution is -0.111. The van der Waals surface area contributed by atoms with Crippen molar-refractivity contribution in [3.63, 3.8) is 0 Å². The first kappa shape index (κ1) is 20.5. The third-order valence-corrected chi connectivity index (χ3v) is 8.29. The maximum atomic E-state index is 13.3. The summed E-state index contributed by atoms with van der Waals surface area (Å²) in [6, 6.07) is 6.72. The number of carbonyl (C=O) groups excluding carboxylic acids is 1. The molecule has 1 aromatic rings. The van der Waals surface area contributed by atoms with Crippen LogP contribution in [-0.4, -0.2) is 30.1 Å². The van der Waals surface area contributed by atoms with Gasteiger partial charge in [-0.05, 0) is 74.4 Å². The maximum Gasteiger partial charge on any atom is 0.243 e. The highest BCUT2D eigenvalue weighted by Gasteiger charge is 2.65. The number of sulfonamides is 1. The first-order chi connectivity index (χ1) is 12.5. The van der Waals surface area contributed by atoms with Crippen LogP contribution in [0.2, 0.25) is 0 Å². The van der Waals surface area contributed by atoms with Crippen LogP contribution in [0.5, 0.6) is 0 Å². The molecule has 0 amide bonds. The minimum atomic E-state index is -3.56. The van der Waals surface area contributed by atoms with Gasteiger partial charge in [-0.15, -0.1) is 0 Å². The van der Waals surface area contributed by atoms with Gasteiger partial charge in [-0.1, -0.05) is 41.9 Å². The van der Waals surface area contributed by atoms with E-state index in [1.807, 2.05) is 26.0 Å².